The minimum Gasteiger partial charge on any atom is -0.388 e. The molecule has 1 nitrogen and oxygen atoms in total. The second kappa shape index (κ2) is 3.65. The Balaban J connectivity index is 2.15. The summed E-state index contributed by atoms with van der Waals surface area (Å²) < 4.78 is 25.9. The van der Waals surface area contributed by atoms with Crippen LogP contribution in [0.25, 0.3) is 0 Å². The van der Waals surface area contributed by atoms with E-state index in [0.29, 0.717) is 12.3 Å². The third-order valence-electron chi connectivity index (χ3n) is 2.57. The van der Waals surface area contributed by atoms with Gasteiger partial charge in [0.05, 0.1) is 6.10 Å². The number of halogens is 2. The minimum atomic E-state index is -0.863. The predicted molar refractivity (Wildman–Crippen MR) is 48.7 cm³/mol. The van der Waals surface area contributed by atoms with Gasteiger partial charge in [-0.25, -0.2) is 8.78 Å². The van der Waals surface area contributed by atoms with Gasteiger partial charge in [0, 0.05) is 5.56 Å². The Bertz CT molecular complexity index is 334. The molecule has 3 heteroatoms. The van der Waals surface area contributed by atoms with Gasteiger partial charge in [-0.2, -0.15) is 0 Å². The molecule has 1 unspecified atom stereocenters. The van der Waals surface area contributed by atoms with Gasteiger partial charge >= 0.3 is 0 Å². The van der Waals surface area contributed by atoms with Crippen LogP contribution in [0.2, 0.25) is 0 Å². The molecule has 1 aromatic rings. The van der Waals surface area contributed by atoms with Crippen LogP contribution >= 0.6 is 0 Å². The van der Waals surface area contributed by atoms with Gasteiger partial charge in [0.15, 0.2) is 0 Å². The number of aliphatic hydroxyl groups is 1. The molecule has 0 radical (unpaired) electrons. The maximum Gasteiger partial charge on any atom is 0.129 e. The summed E-state index contributed by atoms with van der Waals surface area (Å²) in [7, 11) is 0. The zero-order valence-corrected chi connectivity index (χ0v) is 7.71. The van der Waals surface area contributed by atoms with Gasteiger partial charge in [0.1, 0.15) is 11.6 Å². The van der Waals surface area contributed by atoms with Crippen LogP contribution in [0, 0.1) is 17.6 Å². The van der Waals surface area contributed by atoms with E-state index >= 15 is 0 Å². The number of benzene rings is 1. The van der Waals surface area contributed by atoms with E-state index in [1.807, 2.05) is 0 Å². The number of hydrogen-bond acceptors (Lipinski definition) is 1. The first kappa shape index (κ1) is 9.59. The van der Waals surface area contributed by atoms with E-state index in [-0.39, 0.29) is 5.56 Å². The molecule has 1 fully saturated rings. The number of aliphatic hydroxyl groups excluding tert-OH is 1. The van der Waals surface area contributed by atoms with Gasteiger partial charge < -0.3 is 5.11 Å². The van der Waals surface area contributed by atoms with Crippen molar-refractivity contribution in [3.8, 4) is 0 Å². The first-order valence-electron chi connectivity index (χ1n) is 4.80. The van der Waals surface area contributed by atoms with Crippen LogP contribution in [0.15, 0.2) is 18.2 Å². The van der Waals surface area contributed by atoms with Crippen LogP contribution in [-0.2, 0) is 0 Å². The summed E-state index contributed by atoms with van der Waals surface area (Å²) in [5, 5.41) is 9.63. The van der Waals surface area contributed by atoms with Crippen LogP contribution in [0.3, 0.4) is 0 Å². The van der Waals surface area contributed by atoms with E-state index < -0.39 is 17.7 Å². The molecule has 0 bridgehead atoms. The first-order valence-corrected chi connectivity index (χ1v) is 4.80. The highest BCUT2D eigenvalue weighted by atomic mass is 19.1. The molecule has 2 rings (SSSR count). The van der Waals surface area contributed by atoms with Crippen molar-refractivity contribution in [1.82, 2.24) is 0 Å². The van der Waals surface area contributed by atoms with E-state index in [1.165, 1.54) is 0 Å². The Kier molecular flexibility index (Phi) is 2.50. The molecular formula is C11H12F2O. The Morgan fingerprint density at radius 1 is 1.36 bits per heavy atom. The second-order valence-corrected chi connectivity index (χ2v) is 3.86. The fraction of sp³-hybridized carbons (Fsp3) is 0.455. The normalized spacial score (nSPS) is 18.2. The molecule has 1 saturated carbocycles. The molecule has 1 aliphatic carbocycles. The molecule has 1 aliphatic rings. The fourth-order valence-corrected chi connectivity index (χ4v) is 1.57. The average Bonchev–Trinajstić information content (AvgIpc) is 2.93. The standard InChI is InChI=1S/C11H12F2O/c12-8-3-4-10(13)9(6-8)11(14)5-7-1-2-7/h3-4,6-7,11,14H,1-2,5H2. The average molecular weight is 198 g/mol. The molecule has 0 aromatic heterocycles. The number of hydrogen-bond donors (Lipinski definition) is 1. The van der Waals surface area contributed by atoms with Crippen molar-refractivity contribution < 1.29 is 13.9 Å². The summed E-state index contributed by atoms with van der Waals surface area (Å²) in [6.07, 6.45) is 1.86. The summed E-state index contributed by atoms with van der Waals surface area (Å²) in [5.41, 5.74) is 0.0805. The Labute approximate surface area is 81.4 Å². The van der Waals surface area contributed by atoms with E-state index in [9.17, 15) is 13.9 Å². The van der Waals surface area contributed by atoms with Crippen LogP contribution < -0.4 is 0 Å². The van der Waals surface area contributed by atoms with E-state index in [2.05, 4.69) is 0 Å². The summed E-state index contributed by atoms with van der Waals surface area (Å²) in [5.74, 6) is -0.538. The van der Waals surface area contributed by atoms with Crippen molar-refractivity contribution >= 4 is 0 Å². The summed E-state index contributed by atoms with van der Waals surface area (Å²) in [4.78, 5) is 0. The quantitative estimate of drug-likeness (QED) is 0.791. The molecule has 0 saturated heterocycles. The van der Waals surface area contributed by atoms with Crippen LogP contribution in [0.4, 0.5) is 8.78 Å². The zero-order chi connectivity index (χ0) is 10.1. The number of rotatable bonds is 3. The highest BCUT2D eigenvalue weighted by Crippen LogP contribution is 2.38. The molecule has 0 aliphatic heterocycles. The summed E-state index contributed by atoms with van der Waals surface area (Å²) in [6, 6.07) is 3.19. The topological polar surface area (TPSA) is 20.2 Å². The predicted octanol–water partition coefficient (Wildman–Crippen LogP) is 2.80. The molecule has 1 atom stereocenters. The largest absolute Gasteiger partial charge is 0.388 e. The highest BCUT2D eigenvalue weighted by Gasteiger charge is 2.26. The van der Waals surface area contributed by atoms with Crippen molar-refractivity contribution in [2.75, 3.05) is 0 Å². The van der Waals surface area contributed by atoms with Crippen LogP contribution in [-0.4, -0.2) is 5.11 Å². The van der Waals surface area contributed by atoms with Crippen molar-refractivity contribution in [2.45, 2.75) is 25.4 Å². The van der Waals surface area contributed by atoms with E-state index in [4.69, 9.17) is 0 Å². The lowest BCUT2D eigenvalue weighted by molar-refractivity contribution is 0.155. The van der Waals surface area contributed by atoms with E-state index in [0.717, 1.165) is 31.0 Å². The Morgan fingerprint density at radius 3 is 2.71 bits per heavy atom. The van der Waals surface area contributed by atoms with Crippen LogP contribution in [0.5, 0.6) is 0 Å². The van der Waals surface area contributed by atoms with Gasteiger partial charge in [0.25, 0.3) is 0 Å². The molecule has 0 heterocycles. The fourth-order valence-electron chi connectivity index (χ4n) is 1.57. The summed E-state index contributed by atoms with van der Waals surface area (Å²) in [6.45, 7) is 0. The SMILES string of the molecule is OC(CC1CC1)c1cc(F)ccc1F. The van der Waals surface area contributed by atoms with Gasteiger partial charge in [0.2, 0.25) is 0 Å². The third-order valence-corrected chi connectivity index (χ3v) is 2.57. The second-order valence-electron chi connectivity index (χ2n) is 3.86. The van der Waals surface area contributed by atoms with Gasteiger partial charge in [-0.15, -0.1) is 0 Å². The molecule has 76 valence electrons. The first-order chi connectivity index (χ1) is 6.66. The lowest BCUT2D eigenvalue weighted by Crippen LogP contribution is -2.02. The maximum absolute atomic E-state index is 13.2. The molecule has 1 aromatic carbocycles. The van der Waals surface area contributed by atoms with Gasteiger partial charge in [-0.1, -0.05) is 12.8 Å². The summed E-state index contributed by atoms with van der Waals surface area (Å²) >= 11 is 0. The molecular weight excluding hydrogens is 186 g/mol. The lowest BCUT2D eigenvalue weighted by atomic mass is 10.0. The van der Waals surface area contributed by atoms with Crippen molar-refractivity contribution in [3.05, 3.63) is 35.4 Å². The molecule has 14 heavy (non-hydrogen) atoms. The highest BCUT2D eigenvalue weighted by molar-refractivity contribution is 5.21. The molecule has 0 amide bonds. The van der Waals surface area contributed by atoms with Crippen molar-refractivity contribution in [1.29, 1.82) is 0 Å². The smallest absolute Gasteiger partial charge is 0.129 e. The monoisotopic (exact) mass is 198 g/mol. The Hall–Kier alpha value is -0.960. The third kappa shape index (κ3) is 2.10. The van der Waals surface area contributed by atoms with Crippen LogP contribution in [0.1, 0.15) is 30.9 Å². The van der Waals surface area contributed by atoms with Crippen molar-refractivity contribution in [2.24, 2.45) is 5.92 Å². The lowest BCUT2D eigenvalue weighted by Gasteiger charge is -2.10. The van der Waals surface area contributed by atoms with Gasteiger partial charge in [-0.3, -0.25) is 0 Å². The zero-order valence-electron chi connectivity index (χ0n) is 7.71. The maximum atomic E-state index is 13.2. The van der Waals surface area contributed by atoms with E-state index in [1.54, 1.807) is 0 Å². The van der Waals surface area contributed by atoms with Gasteiger partial charge in [-0.05, 0) is 30.5 Å². The van der Waals surface area contributed by atoms with Crippen molar-refractivity contribution in [3.63, 3.8) is 0 Å². The minimum absolute atomic E-state index is 0.0805. The molecule has 1 N–H and O–H groups in total. The molecule has 0 spiro atoms. The Morgan fingerprint density at radius 2 is 2.07 bits per heavy atom.